The Morgan fingerprint density at radius 1 is 0.473 bits per heavy atom. The lowest BCUT2D eigenvalue weighted by Crippen LogP contribution is -2.58. The van der Waals surface area contributed by atoms with Crippen LogP contribution in [0.15, 0.2) is 152 Å². The summed E-state index contributed by atoms with van der Waals surface area (Å²) in [6, 6.07) is 58.0. The first-order chi connectivity index (χ1) is 27.0. The molecule has 1 heterocycles. The number of anilines is 3. The SMILES string of the molecule is CC1(C)c2ccccc2C2(c3ccc(N(c4ccc(-c5ccc6c(c5)sc5ccccc56)cc4)c4cccc5ccccc45)cc31)C1CC3CC(C1)CC2C3. The molecule has 0 unspecified atom stereocenters. The molecule has 1 nitrogen and oxygen atoms in total. The van der Waals surface area contributed by atoms with Gasteiger partial charge in [0.05, 0.1) is 5.69 Å². The highest BCUT2D eigenvalue weighted by Crippen LogP contribution is 2.69. The van der Waals surface area contributed by atoms with Gasteiger partial charge < -0.3 is 4.90 Å². The third-order valence-electron chi connectivity index (χ3n) is 14.7. The smallest absolute Gasteiger partial charge is 0.0540 e. The summed E-state index contributed by atoms with van der Waals surface area (Å²) in [6.45, 7) is 4.98. The fraction of sp³-hybridized carbons (Fsp3) is 0.245. The molecule has 4 fully saturated rings. The van der Waals surface area contributed by atoms with Gasteiger partial charge in [0.2, 0.25) is 0 Å². The standard InChI is InChI=1S/C53H45NS/c1-52(2)45-14-6-7-15-46(45)53(38-27-33-26-34(29-38)30-39(53)28-33)47-25-23-41(32-48(47)52)54(49-16-9-11-36-10-3-4-12-42(36)49)40-21-18-35(19-22-40)37-20-24-44-43-13-5-8-17-50(43)55-51(44)31-37/h3-25,31-34,38-39H,26-30H2,1-2H3. The van der Waals surface area contributed by atoms with Crippen molar-refractivity contribution >= 4 is 59.3 Å². The number of fused-ring (bicyclic) bond motifs is 6. The number of hydrogen-bond donors (Lipinski definition) is 0. The third kappa shape index (κ3) is 4.52. The molecule has 0 aliphatic heterocycles. The Kier molecular flexibility index (Phi) is 6.81. The van der Waals surface area contributed by atoms with E-state index in [1.54, 1.807) is 16.7 Å². The van der Waals surface area contributed by atoms with Crippen LogP contribution in [0.25, 0.3) is 42.1 Å². The maximum absolute atomic E-state index is 2.60. The zero-order valence-corrected chi connectivity index (χ0v) is 32.5. The summed E-state index contributed by atoms with van der Waals surface area (Å²) in [5.74, 6) is 3.32. The second-order valence-electron chi connectivity index (χ2n) is 17.8. The van der Waals surface area contributed by atoms with Crippen LogP contribution in [0.3, 0.4) is 0 Å². The third-order valence-corrected chi connectivity index (χ3v) is 15.8. The van der Waals surface area contributed by atoms with Gasteiger partial charge in [-0.05, 0) is 137 Å². The van der Waals surface area contributed by atoms with Crippen molar-refractivity contribution in [3.8, 4) is 11.1 Å². The summed E-state index contributed by atoms with van der Waals surface area (Å²) in [4.78, 5) is 2.53. The zero-order valence-electron chi connectivity index (χ0n) is 31.6. The van der Waals surface area contributed by atoms with E-state index in [1.165, 1.54) is 96.8 Å². The average molecular weight is 728 g/mol. The van der Waals surface area contributed by atoms with Gasteiger partial charge in [-0.15, -0.1) is 11.3 Å². The minimum Gasteiger partial charge on any atom is -0.310 e. The number of thiophene rings is 1. The van der Waals surface area contributed by atoms with Gasteiger partial charge in [-0.2, -0.15) is 0 Å². The Morgan fingerprint density at radius 2 is 1.09 bits per heavy atom. The van der Waals surface area contributed by atoms with Gasteiger partial charge in [-0.25, -0.2) is 0 Å². The maximum Gasteiger partial charge on any atom is 0.0540 e. The fourth-order valence-corrected chi connectivity index (χ4v) is 13.7. The first kappa shape index (κ1) is 32.1. The second kappa shape index (κ2) is 11.7. The summed E-state index contributed by atoms with van der Waals surface area (Å²) in [5.41, 5.74) is 12.5. The molecule has 2 heteroatoms. The molecule has 4 bridgehead atoms. The lowest BCUT2D eigenvalue weighted by atomic mass is 9.39. The largest absolute Gasteiger partial charge is 0.310 e. The normalized spacial score (nSPS) is 24.4. The maximum atomic E-state index is 2.60. The molecular weight excluding hydrogens is 683 g/mol. The van der Waals surface area contributed by atoms with Crippen molar-refractivity contribution in [1.82, 2.24) is 0 Å². The number of hydrogen-bond acceptors (Lipinski definition) is 2. The topological polar surface area (TPSA) is 3.24 Å². The molecule has 0 saturated heterocycles. The minimum atomic E-state index is -0.110. The van der Waals surface area contributed by atoms with Gasteiger partial charge in [-0.3, -0.25) is 0 Å². The lowest BCUT2D eigenvalue weighted by molar-refractivity contribution is -0.0443. The van der Waals surface area contributed by atoms with E-state index < -0.39 is 0 Å². The molecule has 7 aromatic carbocycles. The molecule has 5 aliphatic carbocycles. The van der Waals surface area contributed by atoms with Crippen molar-refractivity contribution < 1.29 is 0 Å². The number of rotatable bonds is 4. The van der Waals surface area contributed by atoms with Gasteiger partial charge in [0, 0.05) is 47.8 Å². The van der Waals surface area contributed by atoms with E-state index in [-0.39, 0.29) is 10.8 Å². The molecule has 0 atom stereocenters. The molecule has 1 aromatic heterocycles. The summed E-state index contributed by atoms with van der Waals surface area (Å²) in [7, 11) is 0. The summed E-state index contributed by atoms with van der Waals surface area (Å²) >= 11 is 1.89. The van der Waals surface area contributed by atoms with Crippen molar-refractivity contribution in [2.24, 2.45) is 23.7 Å². The summed E-state index contributed by atoms with van der Waals surface area (Å²) in [6.07, 6.45) is 7.06. The number of benzene rings is 7. The molecule has 1 spiro atoms. The molecule has 0 radical (unpaired) electrons. The van der Waals surface area contributed by atoms with Crippen LogP contribution < -0.4 is 4.90 Å². The first-order valence-corrected chi connectivity index (χ1v) is 21.3. The monoisotopic (exact) mass is 727 g/mol. The Hall–Kier alpha value is -5.18. The van der Waals surface area contributed by atoms with E-state index >= 15 is 0 Å². The molecule has 268 valence electrons. The highest BCUT2D eigenvalue weighted by atomic mass is 32.1. The highest BCUT2D eigenvalue weighted by molar-refractivity contribution is 7.25. The second-order valence-corrected chi connectivity index (χ2v) is 18.8. The van der Waals surface area contributed by atoms with Crippen LogP contribution in [0.1, 0.15) is 68.2 Å². The van der Waals surface area contributed by atoms with E-state index in [2.05, 4.69) is 170 Å². The fourth-order valence-electron chi connectivity index (χ4n) is 12.6. The van der Waals surface area contributed by atoms with Gasteiger partial charge in [0.15, 0.2) is 0 Å². The molecule has 13 rings (SSSR count). The predicted molar refractivity (Wildman–Crippen MR) is 233 cm³/mol. The van der Waals surface area contributed by atoms with Crippen LogP contribution >= 0.6 is 11.3 Å². The minimum absolute atomic E-state index is 0.110. The molecule has 0 amide bonds. The van der Waals surface area contributed by atoms with Gasteiger partial charge in [0.25, 0.3) is 0 Å². The number of nitrogens with zero attached hydrogens (tertiary/aromatic N) is 1. The Morgan fingerprint density at radius 3 is 1.89 bits per heavy atom. The van der Waals surface area contributed by atoms with Gasteiger partial charge in [0.1, 0.15) is 0 Å². The van der Waals surface area contributed by atoms with Crippen molar-refractivity contribution in [3.05, 3.63) is 174 Å². The van der Waals surface area contributed by atoms with Crippen molar-refractivity contribution in [3.63, 3.8) is 0 Å². The molecule has 4 saturated carbocycles. The Balaban J connectivity index is 1.03. The average Bonchev–Trinajstić information content (AvgIpc) is 3.59. The Labute approximate surface area is 328 Å². The van der Waals surface area contributed by atoms with Crippen LogP contribution in [0, 0.1) is 23.7 Å². The highest BCUT2D eigenvalue weighted by Gasteiger charge is 2.62. The van der Waals surface area contributed by atoms with Crippen LogP contribution in [-0.4, -0.2) is 0 Å². The van der Waals surface area contributed by atoms with Crippen LogP contribution in [-0.2, 0) is 10.8 Å². The van der Waals surface area contributed by atoms with Gasteiger partial charge in [-0.1, -0.05) is 123 Å². The summed E-state index contributed by atoms with van der Waals surface area (Å²) < 4.78 is 2.69. The van der Waals surface area contributed by atoms with Crippen LogP contribution in [0.2, 0.25) is 0 Å². The molecule has 55 heavy (non-hydrogen) atoms. The van der Waals surface area contributed by atoms with Crippen LogP contribution in [0.5, 0.6) is 0 Å². The van der Waals surface area contributed by atoms with E-state index in [9.17, 15) is 0 Å². The van der Waals surface area contributed by atoms with Crippen molar-refractivity contribution in [1.29, 1.82) is 0 Å². The molecular formula is C53H45NS. The lowest BCUT2D eigenvalue weighted by Gasteiger charge is -2.64. The van der Waals surface area contributed by atoms with Crippen molar-refractivity contribution in [2.75, 3.05) is 4.90 Å². The molecule has 5 aliphatic rings. The molecule has 0 N–H and O–H groups in total. The Bertz CT molecular complexity index is 2790. The van der Waals surface area contributed by atoms with Gasteiger partial charge >= 0.3 is 0 Å². The summed E-state index contributed by atoms with van der Waals surface area (Å²) in [5, 5.41) is 5.22. The van der Waals surface area contributed by atoms with E-state index in [4.69, 9.17) is 0 Å². The van der Waals surface area contributed by atoms with E-state index in [0.29, 0.717) is 0 Å². The first-order valence-electron chi connectivity index (χ1n) is 20.5. The van der Waals surface area contributed by atoms with E-state index in [0.717, 1.165) is 23.7 Å². The molecule has 8 aromatic rings. The van der Waals surface area contributed by atoms with Crippen LogP contribution in [0.4, 0.5) is 17.1 Å². The predicted octanol–water partition coefficient (Wildman–Crippen LogP) is 14.7. The zero-order chi connectivity index (χ0) is 36.5. The quantitative estimate of drug-likeness (QED) is 0.174. The van der Waals surface area contributed by atoms with Crippen molar-refractivity contribution in [2.45, 2.75) is 56.8 Å². The van der Waals surface area contributed by atoms with E-state index in [1.807, 2.05) is 11.3 Å².